The number of ether oxygens (including phenoxy) is 1. The van der Waals surface area contributed by atoms with Crippen LogP contribution in [0.3, 0.4) is 0 Å². The van der Waals surface area contributed by atoms with Crippen LogP contribution in [0.4, 0.5) is 5.69 Å². The molecular weight excluding hydrogens is 646 g/mol. The zero-order chi connectivity index (χ0) is 34.1. The molecule has 8 nitrogen and oxygen atoms in total. The summed E-state index contributed by atoms with van der Waals surface area (Å²) in [6.07, 6.45) is 0.218. The van der Waals surface area contributed by atoms with Crippen LogP contribution in [0.2, 0.25) is 5.02 Å². The van der Waals surface area contributed by atoms with E-state index in [4.69, 9.17) is 16.3 Å². The maximum atomic E-state index is 14.5. The molecule has 1 N–H and O–H groups in total. The standard InChI is InChI=1S/C38H36ClN3O5S/c1-28-13-23-35(24-14-28)48(45,46)42(32-19-21-34(22-20-32)47-33-11-7-4-8-12-33)27-37(43)41(26-30-15-17-31(39)18-16-30)36(38(44)40-2)25-29-9-5-3-6-10-29/h3-24,36H,25-27H2,1-2H3,(H,40,44)/t36-/m1/s1. The van der Waals surface area contributed by atoms with E-state index < -0.39 is 28.5 Å². The molecule has 0 heterocycles. The first-order valence-corrected chi connectivity index (χ1v) is 17.2. The zero-order valence-electron chi connectivity index (χ0n) is 26.6. The molecule has 0 aliphatic carbocycles. The Balaban J connectivity index is 1.54. The van der Waals surface area contributed by atoms with Crippen LogP contribution in [0.15, 0.2) is 138 Å². The fraction of sp³-hybridized carbons (Fsp3) is 0.158. The number of benzene rings is 5. The quantitative estimate of drug-likeness (QED) is 0.144. The highest BCUT2D eigenvalue weighted by Gasteiger charge is 2.34. The lowest BCUT2D eigenvalue weighted by Crippen LogP contribution is -2.53. The Hall–Kier alpha value is -5.12. The predicted octanol–water partition coefficient (Wildman–Crippen LogP) is 7.02. The Bertz CT molecular complexity index is 1920. The Labute approximate surface area is 286 Å². The van der Waals surface area contributed by atoms with Gasteiger partial charge in [-0.25, -0.2) is 8.42 Å². The van der Waals surface area contributed by atoms with Crippen molar-refractivity contribution in [3.05, 3.63) is 155 Å². The largest absolute Gasteiger partial charge is 0.457 e. The number of anilines is 1. The smallest absolute Gasteiger partial charge is 0.264 e. The number of nitrogens with zero attached hydrogens (tertiary/aromatic N) is 2. The molecule has 5 aromatic carbocycles. The van der Waals surface area contributed by atoms with Crippen LogP contribution in [0.5, 0.6) is 11.5 Å². The number of carbonyl (C=O) groups is 2. The Morgan fingerprint density at radius 3 is 1.94 bits per heavy atom. The van der Waals surface area contributed by atoms with Gasteiger partial charge in [-0.1, -0.05) is 90.0 Å². The van der Waals surface area contributed by atoms with E-state index >= 15 is 0 Å². The molecule has 0 aromatic heterocycles. The average Bonchev–Trinajstić information content (AvgIpc) is 3.10. The number of amides is 2. The first kappa shape index (κ1) is 34.2. The molecule has 5 rings (SSSR count). The summed E-state index contributed by atoms with van der Waals surface area (Å²) >= 11 is 6.14. The molecule has 1 atom stereocenters. The minimum Gasteiger partial charge on any atom is -0.457 e. The second kappa shape index (κ2) is 15.6. The molecule has 0 saturated carbocycles. The summed E-state index contributed by atoms with van der Waals surface area (Å²) in [5.74, 6) is 0.184. The van der Waals surface area contributed by atoms with Crippen LogP contribution < -0.4 is 14.4 Å². The first-order valence-electron chi connectivity index (χ1n) is 15.4. The molecule has 2 amide bonds. The Morgan fingerprint density at radius 2 is 1.33 bits per heavy atom. The number of likely N-dealkylation sites (N-methyl/N-ethyl adjacent to an activating group) is 1. The third-order valence-corrected chi connectivity index (χ3v) is 9.82. The van der Waals surface area contributed by atoms with Gasteiger partial charge in [-0.05, 0) is 78.7 Å². The average molecular weight is 682 g/mol. The lowest BCUT2D eigenvalue weighted by molar-refractivity contribution is -0.139. The van der Waals surface area contributed by atoms with Crippen molar-refractivity contribution >= 4 is 39.1 Å². The molecule has 0 aliphatic rings. The fourth-order valence-electron chi connectivity index (χ4n) is 5.18. The van der Waals surface area contributed by atoms with Gasteiger partial charge in [0.1, 0.15) is 24.1 Å². The summed E-state index contributed by atoms with van der Waals surface area (Å²) < 4.78 is 35.5. The van der Waals surface area contributed by atoms with Crippen molar-refractivity contribution in [2.24, 2.45) is 0 Å². The molecule has 10 heteroatoms. The van der Waals surface area contributed by atoms with Crippen LogP contribution in [-0.2, 0) is 32.6 Å². The van der Waals surface area contributed by atoms with Crippen molar-refractivity contribution in [1.29, 1.82) is 0 Å². The number of hydrogen-bond donors (Lipinski definition) is 1. The molecular formula is C38H36ClN3O5S. The third kappa shape index (κ3) is 8.61. The number of nitrogens with one attached hydrogen (secondary N) is 1. The van der Waals surface area contributed by atoms with Gasteiger partial charge < -0.3 is 15.0 Å². The fourth-order valence-corrected chi connectivity index (χ4v) is 6.72. The number of carbonyl (C=O) groups excluding carboxylic acids is 2. The van der Waals surface area contributed by atoms with Crippen LogP contribution >= 0.6 is 11.6 Å². The molecule has 5 aromatic rings. The van der Waals surface area contributed by atoms with E-state index in [0.29, 0.717) is 16.5 Å². The molecule has 0 unspecified atom stereocenters. The molecule has 48 heavy (non-hydrogen) atoms. The van der Waals surface area contributed by atoms with Gasteiger partial charge in [0.25, 0.3) is 10.0 Å². The Kier molecular flexibility index (Phi) is 11.2. The van der Waals surface area contributed by atoms with Gasteiger partial charge in [-0.15, -0.1) is 0 Å². The van der Waals surface area contributed by atoms with E-state index in [2.05, 4.69) is 5.32 Å². The van der Waals surface area contributed by atoms with Gasteiger partial charge >= 0.3 is 0 Å². The van der Waals surface area contributed by atoms with Gasteiger partial charge in [0.15, 0.2) is 0 Å². The number of aryl methyl sites for hydroxylation is 1. The molecule has 0 saturated heterocycles. The summed E-state index contributed by atoms with van der Waals surface area (Å²) in [5, 5.41) is 3.22. The molecule has 246 valence electrons. The van der Waals surface area contributed by atoms with Crippen molar-refractivity contribution in [3.63, 3.8) is 0 Å². The summed E-state index contributed by atoms with van der Waals surface area (Å²) in [6, 6.07) is 37.6. The highest BCUT2D eigenvalue weighted by molar-refractivity contribution is 7.92. The number of rotatable bonds is 13. The molecule has 0 fully saturated rings. The van der Waals surface area contributed by atoms with E-state index in [9.17, 15) is 18.0 Å². The molecule has 0 spiro atoms. The van der Waals surface area contributed by atoms with Crippen molar-refractivity contribution in [2.75, 3.05) is 17.9 Å². The van der Waals surface area contributed by atoms with Crippen LogP contribution in [-0.4, -0.2) is 44.8 Å². The monoisotopic (exact) mass is 681 g/mol. The SMILES string of the molecule is CNC(=O)[C@@H](Cc1ccccc1)N(Cc1ccc(Cl)cc1)C(=O)CN(c1ccc(Oc2ccccc2)cc1)S(=O)(=O)c1ccc(C)cc1. The first-order chi connectivity index (χ1) is 23.1. The third-order valence-electron chi connectivity index (χ3n) is 7.78. The van der Waals surface area contributed by atoms with E-state index in [1.807, 2.05) is 67.6 Å². The van der Waals surface area contributed by atoms with Crippen LogP contribution in [0.1, 0.15) is 16.7 Å². The summed E-state index contributed by atoms with van der Waals surface area (Å²) in [4.78, 5) is 29.4. The van der Waals surface area contributed by atoms with Gasteiger partial charge in [0.2, 0.25) is 11.8 Å². The maximum absolute atomic E-state index is 14.5. The minimum absolute atomic E-state index is 0.0295. The van der Waals surface area contributed by atoms with E-state index in [1.165, 1.54) is 24.1 Å². The van der Waals surface area contributed by atoms with Gasteiger partial charge in [-0.2, -0.15) is 0 Å². The second-order valence-corrected chi connectivity index (χ2v) is 13.5. The van der Waals surface area contributed by atoms with Crippen LogP contribution in [0.25, 0.3) is 0 Å². The zero-order valence-corrected chi connectivity index (χ0v) is 28.2. The summed E-state index contributed by atoms with van der Waals surface area (Å²) in [5.41, 5.74) is 2.72. The van der Waals surface area contributed by atoms with E-state index in [1.54, 1.807) is 60.7 Å². The molecule has 0 aliphatic heterocycles. The Morgan fingerprint density at radius 1 is 0.750 bits per heavy atom. The van der Waals surface area contributed by atoms with Crippen molar-refractivity contribution in [2.45, 2.75) is 30.8 Å². The van der Waals surface area contributed by atoms with Crippen molar-refractivity contribution in [1.82, 2.24) is 10.2 Å². The van der Waals surface area contributed by atoms with Gasteiger partial charge in [0, 0.05) is 25.0 Å². The topological polar surface area (TPSA) is 96.0 Å². The lowest BCUT2D eigenvalue weighted by Gasteiger charge is -2.33. The minimum atomic E-state index is -4.23. The molecule has 0 bridgehead atoms. The maximum Gasteiger partial charge on any atom is 0.264 e. The van der Waals surface area contributed by atoms with Crippen LogP contribution in [0, 0.1) is 6.92 Å². The number of para-hydroxylation sites is 1. The normalized spacial score (nSPS) is 11.7. The second-order valence-electron chi connectivity index (χ2n) is 11.2. The van der Waals surface area contributed by atoms with E-state index in [0.717, 1.165) is 21.0 Å². The van der Waals surface area contributed by atoms with Gasteiger partial charge in [-0.3, -0.25) is 13.9 Å². The number of sulfonamides is 1. The summed E-state index contributed by atoms with van der Waals surface area (Å²) in [7, 11) is -2.72. The number of hydrogen-bond acceptors (Lipinski definition) is 5. The highest BCUT2D eigenvalue weighted by atomic mass is 35.5. The van der Waals surface area contributed by atoms with Crippen molar-refractivity contribution < 1.29 is 22.7 Å². The number of halogens is 1. The lowest BCUT2D eigenvalue weighted by atomic mass is 10.0. The highest BCUT2D eigenvalue weighted by Crippen LogP contribution is 2.29. The summed E-state index contributed by atoms with van der Waals surface area (Å²) in [6.45, 7) is 1.34. The predicted molar refractivity (Wildman–Crippen MR) is 189 cm³/mol. The van der Waals surface area contributed by atoms with Crippen molar-refractivity contribution in [3.8, 4) is 11.5 Å². The van der Waals surface area contributed by atoms with Gasteiger partial charge in [0.05, 0.1) is 10.6 Å². The molecule has 0 radical (unpaired) electrons. The van der Waals surface area contributed by atoms with E-state index in [-0.39, 0.29) is 29.5 Å².